The average Bonchev–Trinajstić information content (AvgIpc) is 3.16. The molecule has 20 heavy (non-hydrogen) atoms. The van der Waals surface area contributed by atoms with E-state index in [4.69, 9.17) is 4.52 Å². The van der Waals surface area contributed by atoms with E-state index in [0.29, 0.717) is 11.8 Å². The average molecular weight is 269 g/mol. The molecule has 4 rings (SSSR count). The van der Waals surface area contributed by atoms with Gasteiger partial charge >= 0.3 is 0 Å². The summed E-state index contributed by atoms with van der Waals surface area (Å²) in [5.74, 6) is 2.07. The standard InChI is InChI=1S/C16H19N3O/c1-2-4-11(5-3-1)15-18-16(20-19-15)12-6-7-13-9-17-10-14(13)8-12/h6-8,11,17H,1-5,9-10H2. The van der Waals surface area contributed by atoms with Crippen molar-refractivity contribution < 1.29 is 4.52 Å². The summed E-state index contributed by atoms with van der Waals surface area (Å²) < 4.78 is 5.48. The summed E-state index contributed by atoms with van der Waals surface area (Å²) in [5.41, 5.74) is 3.77. The van der Waals surface area contributed by atoms with Gasteiger partial charge in [0, 0.05) is 24.6 Å². The molecule has 2 aromatic rings. The lowest BCUT2D eigenvalue weighted by atomic mass is 9.89. The topological polar surface area (TPSA) is 51.0 Å². The first-order chi connectivity index (χ1) is 9.90. The second-order valence-corrected chi connectivity index (χ2v) is 5.88. The number of fused-ring (bicyclic) bond motifs is 1. The van der Waals surface area contributed by atoms with Crippen molar-refractivity contribution in [1.29, 1.82) is 0 Å². The van der Waals surface area contributed by atoms with Gasteiger partial charge in [-0.2, -0.15) is 4.98 Å². The molecule has 2 heterocycles. The van der Waals surface area contributed by atoms with Gasteiger partial charge in [0.25, 0.3) is 5.89 Å². The first kappa shape index (κ1) is 12.1. The predicted octanol–water partition coefficient (Wildman–Crippen LogP) is 3.39. The van der Waals surface area contributed by atoms with Crippen LogP contribution >= 0.6 is 0 Å². The summed E-state index contributed by atoms with van der Waals surface area (Å²) in [6, 6.07) is 6.42. The van der Waals surface area contributed by atoms with Crippen molar-refractivity contribution in [1.82, 2.24) is 15.5 Å². The predicted molar refractivity (Wildman–Crippen MR) is 76.1 cm³/mol. The third-order valence-electron chi connectivity index (χ3n) is 4.50. The third-order valence-corrected chi connectivity index (χ3v) is 4.50. The maximum absolute atomic E-state index is 5.48. The lowest BCUT2D eigenvalue weighted by molar-refractivity contribution is 0.385. The highest BCUT2D eigenvalue weighted by molar-refractivity contribution is 5.56. The van der Waals surface area contributed by atoms with E-state index in [1.807, 2.05) is 0 Å². The monoisotopic (exact) mass is 269 g/mol. The molecule has 1 aromatic carbocycles. The van der Waals surface area contributed by atoms with E-state index in [-0.39, 0.29) is 0 Å². The summed E-state index contributed by atoms with van der Waals surface area (Å²) in [6.45, 7) is 1.90. The molecule has 0 saturated heterocycles. The molecule has 4 heteroatoms. The summed E-state index contributed by atoms with van der Waals surface area (Å²) in [7, 11) is 0. The molecule has 1 fully saturated rings. The Morgan fingerprint density at radius 3 is 2.80 bits per heavy atom. The highest BCUT2D eigenvalue weighted by atomic mass is 16.5. The van der Waals surface area contributed by atoms with Crippen molar-refractivity contribution in [3.05, 3.63) is 35.2 Å². The Morgan fingerprint density at radius 2 is 1.90 bits per heavy atom. The van der Waals surface area contributed by atoms with E-state index in [0.717, 1.165) is 24.5 Å². The summed E-state index contributed by atoms with van der Waals surface area (Å²) >= 11 is 0. The quantitative estimate of drug-likeness (QED) is 0.908. The second-order valence-electron chi connectivity index (χ2n) is 5.88. The Kier molecular flexibility index (Phi) is 3.03. The molecule has 0 spiro atoms. The van der Waals surface area contributed by atoms with Gasteiger partial charge in [0.1, 0.15) is 0 Å². The summed E-state index contributed by atoms with van der Waals surface area (Å²) in [6.07, 6.45) is 6.33. The second kappa shape index (κ2) is 5.02. The van der Waals surface area contributed by atoms with Gasteiger partial charge in [0.15, 0.2) is 5.82 Å². The number of aromatic nitrogens is 2. The van der Waals surface area contributed by atoms with Crippen LogP contribution in [0.25, 0.3) is 11.5 Å². The molecule has 1 N–H and O–H groups in total. The summed E-state index contributed by atoms with van der Waals surface area (Å²) in [4.78, 5) is 4.63. The van der Waals surface area contributed by atoms with Crippen LogP contribution in [0.2, 0.25) is 0 Å². The van der Waals surface area contributed by atoms with Crippen molar-refractivity contribution in [2.45, 2.75) is 51.1 Å². The van der Waals surface area contributed by atoms with Crippen LogP contribution in [-0.4, -0.2) is 10.1 Å². The number of benzene rings is 1. The largest absolute Gasteiger partial charge is 0.334 e. The van der Waals surface area contributed by atoms with E-state index in [2.05, 4.69) is 33.7 Å². The molecule has 1 aliphatic heterocycles. The fourth-order valence-electron chi connectivity index (χ4n) is 3.31. The van der Waals surface area contributed by atoms with Crippen LogP contribution < -0.4 is 5.32 Å². The normalized spacial score (nSPS) is 19.2. The molecule has 1 aromatic heterocycles. The van der Waals surface area contributed by atoms with E-state index in [1.54, 1.807) is 0 Å². The first-order valence-corrected chi connectivity index (χ1v) is 7.56. The minimum absolute atomic E-state index is 0.498. The van der Waals surface area contributed by atoms with Crippen LogP contribution in [0.4, 0.5) is 0 Å². The van der Waals surface area contributed by atoms with Crippen molar-refractivity contribution in [3.63, 3.8) is 0 Å². The molecule has 0 bridgehead atoms. The Balaban J connectivity index is 1.61. The zero-order valence-corrected chi connectivity index (χ0v) is 11.6. The van der Waals surface area contributed by atoms with Gasteiger partial charge in [0.05, 0.1) is 0 Å². The fraction of sp³-hybridized carbons (Fsp3) is 0.500. The van der Waals surface area contributed by atoms with E-state index < -0.39 is 0 Å². The molecule has 0 atom stereocenters. The van der Waals surface area contributed by atoms with Crippen molar-refractivity contribution >= 4 is 0 Å². The number of nitrogens with one attached hydrogen (secondary N) is 1. The lowest BCUT2D eigenvalue weighted by Gasteiger charge is -2.17. The van der Waals surface area contributed by atoms with E-state index in [1.165, 1.54) is 43.2 Å². The summed E-state index contributed by atoms with van der Waals surface area (Å²) in [5, 5.41) is 7.56. The molecular formula is C16H19N3O. The Morgan fingerprint density at radius 1 is 1.05 bits per heavy atom. The number of hydrogen-bond acceptors (Lipinski definition) is 4. The molecule has 4 nitrogen and oxygen atoms in total. The van der Waals surface area contributed by atoms with Crippen LogP contribution in [0.15, 0.2) is 22.7 Å². The Hall–Kier alpha value is -1.68. The molecule has 104 valence electrons. The van der Waals surface area contributed by atoms with Crippen LogP contribution in [-0.2, 0) is 13.1 Å². The minimum Gasteiger partial charge on any atom is -0.334 e. The van der Waals surface area contributed by atoms with Crippen LogP contribution in [0, 0.1) is 0 Å². The molecule has 0 unspecified atom stereocenters. The van der Waals surface area contributed by atoms with Crippen molar-refractivity contribution in [3.8, 4) is 11.5 Å². The minimum atomic E-state index is 0.498. The number of rotatable bonds is 2. The zero-order valence-electron chi connectivity index (χ0n) is 11.6. The molecule has 1 aliphatic carbocycles. The van der Waals surface area contributed by atoms with Gasteiger partial charge < -0.3 is 9.84 Å². The van der Waals surface area contributed by atoms with Crippen LogP contribution in [0.1, 0.15) is 55.0 Å². The van der Waals surface area contributed by atoms with Gasteiger partial charge in [-0.15, -0.1) is 0 Å². The van der Waals surface area contributed by atoms with Gasteiger partial charge in [-0.1, -0.05) is 30.5 Å². The zero-order chi connectivity index (χ0) is 13.4. The molecule has 0 amide bonds. The SMILES string of the molecule is c1cc2c(cc1-c1nc(C3CCCCC3)no1)CNC2. The van der Waals surface area contributed by atoms with Gasteiger partial charge in [0.2, 0.25) is 0 Å². The molecule has 2 aliphatic rings. The van der Waals surface area contributed by atoms with Gasteiger partial charge in [-0.25, -0.2) is 0 Å². The van der Waals surface area contributed by atoms with Crippen LogP contribution in [0.3, 0.4) is 0 Å². The van der Waals surface area contributed by atoms with Gasteiger partial charge in [-0.05, 0) is 36.1 Å². The smallest absolute Gasteiger partial charge is 0.257 e. The molecular weight excluding hydrogens is 250 g/mol. The molecule has 0 radical (unpaired) electrons. The van der Waals surface area contributed by atoms with Crippen molar-refractivity contribution in [2.24, 2.45) is 0 Å². The van der Waals surface area contributed by atoms with Crippen molar-refractivity contribution in [2.75, 3.05) is 0 Å². The van der Waals surface area contributed by atoms with Gasteiger partial charge in [-0.3, -0.25) is 0 Å². The highest BCUT2D eigenvalue weighted by Crippen LogP contribution is 2.32. The van der Waals surface area contributed by atoms with E-state index in [9.17, 15) is 0 Å². The highest BCUT2D eigenvalue weighted by Gasteiger charge is 2.21. The maximum atomic E-state index is 5.48. The van der Waals surface area contributed by atoms with E-state index >= 15 is 0 Å². The number of nitrogens with zero attached hydrogens (tertiary/aromatic N) is 2. The third kappa shape index (κ3) is 2.14. The Bertz CT molecular complexity index is 614. The van der Waals surface area contributed by atoms with Crippen LogP contribution in [0.5, 0.6) is 0 Å². The fourth-order valence-corrected chi connectivity index (χ4v) is 3.31. The Labute approximate surface area is 118 Å². The first-order valence-electron chi connectivity index (χ1n) is 7.56. The lowest BCUT2D eigenvalue weighted by Crippen LogP contribution is -2.06. The number of hydrogen-bond donors (Lipinski definition) is 1. The maximum Gasteiger partial charge on any atom is 0.257 e. The molecule has 1 saturated carbocycles.